The summed E-state index contributed by atoms with van der Waals surface area (Å²) < 4.78 is 17.5. The number of nitrogens with one attached hydrogen (secondary N) is 1. The first-order chi connectivity index (χ1) is 13.2. The van der Waals surface area contributed by atoms with Gasteiger partial charge >= 0.3 is 5.97 Å². The number of aryl methyl sites for hydroxylation is 1. The zero-order valence-electron chi connectivity index (χ0n) is 14.5. The Morgan fingerprint density at radius 1 is 1.07 bits per heavy atom. The number of rotatable bonds is 6. The second kappa shape index (κ2) is 7.41. The summed E-state index contributed by atoms with van der Waals surface area (Å²) in [4.78, 5) is 23.9. The third kappa shape index (κ3) is 3.87. The summed E-state index contributed by atoms with van der Waals surface area (Å²) in [5, 5.41) is 3.78. The molecule has 0 spiro atoms. The van der Waals surface area contributed by atoms with Crippen molar-refractivity contribution in [2.45, 2.75) is 13.0 Å². The number of fused-ring (bicyclic) bond motifs is 2. The molecule has 27 heavy (non-hydrogen) atoms. The van der Waals surface area contributed by atoms with E-state index in [0.29, 0.717) is 23.7 Å². The number of benzene rings is 2. The maximum atomic E-state index is 12.0. The molecule has 0 radical (unpaired) electrons. The van der Waals surface area contributed by atoms with Gasteiger partial charge in [-0.15, -0.1) is 0 Å². The van der Waals surface area contributed by atoms with Crippen molar-refractivity contribution >= 4 is 28.5 Å². The van der Waals surface area contributed by atoms with Crippen molar-refractivity contribution < 1.29 is 23.8 Å². The van der Waals surface area contributed by atoms with Crippen LogP contribution < -0.4 is 14.8 Å². The third-order valence-corrected chi connectivity index (χ3v) is 4.26. The average Bonchev–Trinajstić information content (AvgIpc) is 3.31. The van der Waals surface area contributed by atoms with Crippen LogP contribution in [-0.2, 0) is 20.9 Å². The van der Waals surface area contributed by atoms with Crippen LogP contribution in [0.2, 0.25) is 0 Å². The van der Waals surface area contributed by atoms with Crippen molar-refractivity contribution in [3.63, 3.8) is 0 Å². The first kappa shape index (κ1) is 17.0. The summed E-state index contributed by atoms with van der Waals surface area (Å²) in [5.74, 6) is 0.378. The first-order valence-electron chi connectivity index (χ1n) is 8.58. The van der Waals surface area contributed by atoms with Gasteiger partial charge in [0.05, 0.1) is 6.42 Å². The number of nitrogens with zero attached hydrogens (tertiary/aromatic N) is 1. The fraction of sp³-hybridized carbons (Fsp3) is 0.200. The minimum atomic E-state index is -0.423. The second-order valence-electron chi connectivity index (χ2n) is 6.09. The molecule has 2 aromatic carbocycles. The van der Waals surface area contributed by atoms with Crippen LogP contribution >= 0.6 is 0 Å². The van der Waals surface area contributed by atoms with Gasteiger partial charge in [0.1, 0.15) is 0 Å². The predicted molar refractivity (Wildman–Crippen MR) is 98.7 cm³/mol. The second-order valence-corrected chi connectivity index (χ2v) is 6.09. The van der Waals surface area contributed by atoms with Crippen molar-refractivity contribution in [2.75, 3.05) is 18.7 Å². The first-order valence-corrected chi connectivity index (χ1v) is 8.58. The molecule has 0 unspecified atom stereocenters. The Labute approximate surface area is 155 Å². The minimum absolute atomic E-state index is 0.168. The third-order valence-electron chi connectivity index (χ3n) is 4.26. The lowest BCUT2D eigenvalue weighted by molar-refractivity contribution is -0.147. The normalized spacial score (nSPS) is 12.1. The molecule has 0 saturated heterocycles. The van der Waals surface area contributed by atoms with Crippen molar-refractivity contribution in [1.82, 2.24) is 4.57 Å². The molecule has 3 aromatic rings. The molecule has 0 aliphatic carbocycles. The molecule has 0 saturated carbocycles. The number of carbonyl (C=O) groups is 2. The van der Waals surface area contributed by atoms with E-state index >= 15 is 0 Å². The van der Waals surface area contributed by atoms with E-state index in [-0.39, 0.29) is 19.8 Å². The molecular formula is C20H18N2O5. The highest BCUT2D eigenvalue weighted by molar-refractivity contribution is 5.93. The minimum Gasteiger partial charge on any atom is -0.456 e. The molecular weight excluding hydrogens is 348 g/mol. The van der Waals surface area contributed by atoms with E-state index in [2.05, 4.69) is 5.32 Å². The van der Waals surface area contributed by atoms with E-state index in [1.165, 1.54) is 0 Å². The van der Waals surface area contributed by atoms with E-state index in [9.17, 15) is 9.59 Å². The average molecular weight is 366 g/mol. The number of hydrogen-bond acceptors (Lipinski definition) is 5. The van der Waals surface area contributed by atoms with Gasteiger partial charge in [0.25, 0.3) is 5.91 Å². The van der Waals surface area contributed by atoms with Crippen LogP contribution in [-0.4, -0.2) is 29.8 Å². The number of carbonyl (C=O) groups excluding carboxylic acids is 2. The van der Waals surface area contributed by atoms with Crippen molar-refractivity contribution in [1.29, 1.82) is 0 Å². The molecule has 1 N–H and O–H groups in total. The fourth-order valence-electron chi connectivity index (χ4n) is 2.94. The Morgan fingerprint density at radius 3 is 2.85 bits per heavy atom. The van der Waals surface area contributed by atoms with Crippen LogP contribution in [0.3, 0.4) is 0 Å². The van der Waals surface area contributed by atoms with Gasteiger partial charge in [0.15, 0.2) is 18.1 Å². The number of aromatic nitrogens is 1. The smallest absolute Gasteiger partial charge is 0.308 e. The zero-order chi connectivity index (χ0) is 18.6. The van der Waals surface area contributed by atoms with Gasteiger partial charge in [-0.3, -0.25) is 9.59 Å². The Balaban J connectivity index is 1.24. The quantitative estimate of drug-likeness (QED) is 0.679. The number of amides is 1. The molecule has 0 bridgehead atoms. The molecule has 1 aliphatic heterocycles. The molecule has 2 heterocycles. The van der Waals surface area contributed by atoms with Crippen molar-refractivity contribution in [3.05, 3.63) is 54.7 Å². The molecule has 7 nitrogen and oxygen atoms in total. The standard InChI is InChI=1S/C20H18N2O5/c23-19(21-15-5-6-17-18(11-15)27-13-26-17)12-25-20(24)8-10-22-9-7-14-3-1-2-4-16(14)22/h1-7,9,11H,8,10,12-13H2,(H,21,23). The molecule has 1 amide bonds. The molecule has 4 rings (SSSR count). The zero-order valence-corrected chi connectivity index (χ0v) is 14.5. The summed E-state index contributed by atoms with van der Waals surface area (Å²) in [6, 6.07) is 15.0. The van der Waals surface area contributed by atoms with Gasteiger partial charge in [-0.25, -0.2) is 0 Å². The monoisotopic (exact) mass is 366 g/mol. The maximum Gasteiger partial charge on any atom is 0.308 e. The molecule has 0 fully saturated rings. The van der Waals surface area contributed by atoms with Gasteiger partial charge < -0.3 is 24.1 Å². The van der Waals surface area contributed by atoms with Gasteiger partial charge in [-0.2, -0.15) is 0 Å². The summed E-state index contributed by atoms with van der Waals surface area (Å²) in [7, 11) is 0. The van der Waals surface area contributed by atoms with Crippen molar-refractivity contribution in [2.24, 2.45) is 0 Å². The Kier molecular flexibility index (Phi) is 4.65. The largest absolute Gasteiger partial charge is 0.456 e. The van der Waals surface area contributed by atoms with E-state index < -0.39 is 11.9 Å². The number of esters is 1. The van der Waals surface area contributed by atoms with Crippen LogP contribution in [0.1, 0.15) is 6.42 Å². The van der Waals surface area contributed by atoms with Crippen LogP contribution in [0.5, 0.6) is 11.5 Å². The number of anilines is 1. The summed E-state index contributed by atoms with van der Waals surface area (Å²) in [5.41, 5.74) is 1.62. The Hall–Kier alpha value is -3.48. The van der Waals surface area contributed by atoms with Crippen molar-refractivity contribution in [3.8, 4) is 11.5 Å². The van der Waals surface area contributed by atoms with Gasteiger partial charge in [-0.1, -0.05) is 18.2 Å². The fourth-order valence-corrected chi connectivity index (χ4v) is 2.94. The molecule has 138 valence electrons. The number of ether oxygens (including phenoxy) is 3. The lowest BCUT2D eigenvalue weighted by Gasteiger charge is -2.08. The van der Waals surface area contributed by atoms with Crippen LogP contribution in [0.25, 0.3) is 10.9 Å². The lowest BCUT2D eigenvalue weighted by Crippen LogP contribution is -2.21. The Bertz CT molecular complexity index is 995. The maximum absolute atomic E-state index is 12.0. The lowest BCUT2D eigenvalue weighted by atomic mass is 10.2. The van der Waals surface area contributed by atoms with E-state index in [1.54, 1.807) is 18.2 Å². The molecule has 0 atom stereocenters. The summed E-state index contributed by atoms with van der Waals surface area (Å²) in [6.07, 6.45) is 2.13. The predicted octanol–water partition coefficient (Wildman–Crippen LogP) is 2.94. The van der Waals surface area contributed by atoms with E-state index in [1.807, 2.05) is 41.1 Å². The van der Waals surface area contributed by atoms with Gasteiger partial charge in [-0.05, 0) is 29.7 Å². The van der Waals surface area contributed by atoms with Crippen LogP contribution in [0, 0.1) is 0 Å². The van der Waals surface area contributed by atoms with Gasteiger partial charge in [0.2, 0.25) is 6.79 Å². The summed E-state index contributed by atoms with van der Waals surface area (Å²) >= 11 is 0. The highest BCUT2D eigenvalue weighted by Crippen LogP contribution is 2.34. The highest BCUT2D eigenvalue weighted by Gasteiger charge is 2.15. The van der Waals surface area contributed by atoms with E-state index in [4.69, 9.17) is 14.2 Å². The topological polar surface area (TPSA) is 78.8 Å². The molecule has 7 heteroatoms. The SMILES string of the molecule is O=C(COC(=O)CCn1ccc2ccccc21)Nc1ccc2c(c1)OCO2. The number of para-hydroxylation sites is 1. The highest BCUT2D eigenvalue weighted by atomic mass is 16.7. The Morgan fingerprint density at radius 2 is 1.93 bits per heavy atom. The van der Waals surface area contributed by atoms with E-state index in [0.717, 1.165) is 10.9 Å². The van der Waals surface area contributed by atoms with Crippen LogP contribution in [0.15, 0.2) is 54.7 Å². The van der Waals surface area contributed by atoms with Gasteiger partial charge in [0, 0.05) is 30.0 Å². The molecule has 1 aliphatic rings. The molecule has 1 aromatic heterocycles. The summed E-state index contributed by atoms with van der Waals surface area (Å²) in [6.45, 7) is 0.330. The van der Waals surface area contributed by atoms with Crippen LogP contribution in [0.4, 0.5) is 5.69 Å². The number of hydrogen-bond donors (Lipinski definition) is 1.